The molecule has 2 rings (SSSR count). The predicted octanol–water partition coefficient (Wildman–Crippen LogP) is 3.39. The Hall–Kier alpha value is -1.28. The van der Waals surface area contributed by atoms with Crippen LogP contribution in [0.4, 0.5) is 14.5 Å². The van der Waals surface area contributed by atoms with Gasteiger partial charge in [-0.05, 0) is 42.4 Å². The molecule has 1 N–H and O–H groups in total. The number of anilines is 1. The average molecular weight is 268 g/mol. The largest absolute Gasteiger partial charge is 0.382 e. The minimum absolute atomic E-state index is 0.143. The standard InChI is InChI=1S/C13H14F2N2S/c14-12-10(7-16)1-2-11(13(12)15)17-8-9-3-5-18-6-4-9/h1-2,9,17H,3-6,8H2. The Morgan fingerprint density at radius 2 is 2.00 bits per heavy atom. The Kier molecular flexibility index (Phi) is 4.43. The Bertz CT molecular complexity index is 465. The summed E-state index contributed by atoms with van der Waals surface area (Å²) in [7, 11) is 0. The third-order valence-corrected chi connectivity index (χ3v) is 4.17. The van der Waals surface area contributed by atoms with Gasteiger partial charge < -0.3 is 5.32 Å². The molecular weight excluding hydrogens is 254 g/mol. The van der Waals surface area contributed by atoms with Crippen molar-refractivity contribution < 1.29 is 8.78 Å². The third kappa shape index (κ3) is 2.94. The van der Waals surface area contributed by atoms with E-state index in [-0.39, 0.29) is 11.3 Å². The fourth-order valence-corrected chi connectivity index (χ4v) is 3.18. The highest BCUT2D eigenvalue weighted by Crippen LogP contribution is 2.25. The number of nitriles is 1. The van der Waals surface area contributed by atoms with E-state index < -0.39 is 11.6 Å². The van der Waals surface area contributed by atoms with Gasteiger partial charge in [-0.25, -0.2) is 8.78 Å². The molecular formula is C13H14F2N2S. The van der Waals surface area contributed by atoms with Crippen LogP contribution < -0.4 is 5.32 Å². The summed E-state index contributed by atoms with van der Waals surface area (Å²) >= 11 is 1.93. The molecule has 0 aliphatic carbocycles. The van der Waals surface area contributed by atoms with Crippen molar-refractivity contribution in [3.8, 4) is 6.07 Å². The first kappa shape index (κ1) is 13.2. The molecule has 0 saturated carbocycles. The van der Waals surface area contributed by atoms with Crippen molar-refractivity contribution in [1.82, 2.24) is 0 Å². The molecule has 0 spiro atoms. The maximum absolute atomic E-state index is 13.6. The maximum atomic E-state index is 13.6. The van der Waals surface area contributed by atoms with Gasteiger partial charge in [-0.15, -0.1) is 0 Å². The van der Waals surface area contributed by atoms with Crippen LogP contribution in [0, 0.1) is 28.9 Å². The molecule has 1 fully saturated rings. The summed E-state index contributed by atoms with van der Waals surface area (Å²) in [5, 5.41) is 11.5. The van der Waals surface area contributed by atoms with E-state index >= 15 is 0 Å². The molecule has 1 aliphatic heterocycles. The molecule has 1 aromatic carbocycles. The molecule has 1 heterocycles. The van der Waals surface area contributed by atoms with Gasteiger partial charge in [0.25, 0.3) is 0 Å². The van der Waals surface area contributed by atoms with Gasteiger partial charge in [-0.2, -0.15) is 17.0 Å². The van der Waals surface area contributed by atoms with E-state index in [4.69, 9.17) is 5.26 Å². The van der Waals surface area contributed by atoms with E-state index in [0.29, 0.717) is 12.5 Å². The van der Waals surface area contributed by atoms with Crippen molar-refractivity contribution in [3.05, 3.63) is 29.3 Å². The Morgan fingerprint density at radius 1 is 1.28 bits per heavy atom. The van der Waals surface area contributed by atoms with Crippen molar-refractivity contribution >= 4 is 17.4 Å². The van der Waals surface area contributed by atoms with Crippen molar-refractivity contribution in [1.29, 1.82) is 5.26 Å². The summed E-state index contributed by atoms with van der Waals surface area (Å²) in [4.78, 5) is 0. The molecule has 18 heavy (non-hydrogen) atoms. The van der Waals surface area contributed by atoms with Crippen LogP contribution in [0.3, 0.4) is 0 Å². The van der Waals surface area contributed by atoms with Crippen LogP contribution in [0.1, 0.15) is 18.4 Å². The highest BCUT2D eigenvalue weighted by atomic mass is 32.2. The monoisotopic (exact) mass is 268 g/mol. The fraction of sp³-hybridized carbons (Fsp3) is 0.462. The summed E-state index contributed by atoms with van der Waals surface area (Å²) in [5.41, 5.74) is -0.114. The summed E-state index contributed by atoms with van der Waals surface area (Å²) < 4.78 is 27.0. The normalized spacial score (nSPS) is 16.3. The Balaban J connectivity index is 2.01. The number of thioether (sulfide) groups is 1. The molecule has 0 unspecified atom stereocenters. The smallest absolute Gasteiger partial charge is 0.183 e. The maximum Gasteiger partial charge on any atom is 0.183 e. The van der Waals surface area contributed by atoms with Crippen LogP contribution in [0.15, 0.2) is 12.1 Å². The fourth-order valence-electron chi connectivity index (χ4n) is 1.98. The lowest BCUT2D eigenvalue weighted by Crippen LogP contribution is -2.19. The van der Waals surface area contributed by atoms with E-state index in [1.807, 2.05) is 11.8 Å². The van der Waals surface area contributed by atoms with Crippen LogP contribution in [-0.2, 0) is 0 Å². The second-order valence-electron chi connectivity index (χ2n) is 4.34. The summed E-state index contributed by atoms with van der Waals surface area (Å²) in [6, 6.07) is 4.35. The third-order valence-electron chi connectivity index (χ3n) is 3.12. The van der Waals surface area contributed by atoms with Crippen molar-refractivity contribution in [2.75, 3.05) is 23.4 Å². The van der Waals surface area contributed by atoms with Gasteiger partial charge in [0.15, 0.2) is 11.6 Å². The zero-order valence-corrected chi connectivity index (χ0v) is 10.7. The number of benzene rings is 1. The van der Waals surface area contributed by atoms with Gasteiger partial charge >= 0.3 is 0 Å². The number of hydrogen-bond acceptors (Lipinski definition) is 3. The first-order chi connectivity index (χ1) is 8.72. The van der Waals surface area contributed by atoms with E-state index in [1.54, 1.807) is 6.07 Å². The lowest BCUT2D eigenvalue weighted by molar-refractivity contribution is 0.498. The molecule has 0 atom stereocenters. The van der Waals surface area contributed by atoms with Crippen LogP contribution >= 0.6 is 11.8 Å². The quantitative estimate of drug-likeness (QED) is 0.912. The van der Waals surface area contributed by atoms with Crippen LogP contribution in [0.5, 0.6) is 0 Å². The van der Waals surface area contributed by atoms with Crippen LogP contribution in [-0.4, -0.2) is 18.1 Å². The van der Waals surface area contributed by atoms with Gasteiger partial charge in [0.1, 0.15) is 6.07 Å². The minimum Gasteiger partial charge on any atom is -0.382 e. The first-order valence-electron chi connectivity index (χ1n) is 5.92. The average Bonchev–Trinajstić information content (AvgIpc) is 2.42. The van der Waals surface area contributed by atoms with E-state index in [2.05, 4.69) is 5.32 Å². The predicted molar refractivity (Wildman–Crippen MR) is 69.6 cm³/mol. The highest BCUT2D eigenvalue weighted by molar-refractivity contribution is 7.99. The van der Waals surface area contributed by atoms with Gasteiger partial charge in [0.05, 0.1) is 11.3 Å². The second-order valence-corrected chi connectivity index (χ2v) is 5.56. The topological polar surface area (TPSA) is 35.8 Å². The highest BCUT2D eigenvalue weighted by Gasteiger charge is 2.16. The molecule has 5 heteroatoms. The SMILES string of the molecule is N#Cc1ccc(NCC2CCSCC2)c(F)c1F. The van der Waals surface area contributed by atoms with Crippen molar-refractivity contribution in [2.45, 2.75) is 12.8 Å². The van der Waals surface area contributed by atoms with Gasteiger partial charge in [-0.1, -0.05) is 0 Å². The zero-order chi connectivity index (χ0) is 13.0. The second kappa shape index (κ2) is 6.05. The lowest BCUT2D eigenvalue weighted by Gasteiger charge is -2.22. The molecule has 1 aromatic rings. The Labute approximate surface area is 109 Å². The first-order valence-corrected chi connectivity index (χ1v) is 7.07. The molecule has 1 aliphatic rings. The molecule has 2 nitrogen and oxygen atoms in total. The van der Waals surface area contributed by atoms with Crippen molar-refractivity contribution in [3.63, 3.8) is 0 Å². The molecule has 1 saturated heterocycles. The number of nitrogens with zero attached hydrogens (tertiary/aromatic N) is 1. The summed E-state index contributed by atoms with van der Waals surface area (Å²) in [6.45, 7) is 0.656. The molecule has 96 valence electrons. The lowest BCUT2D eigenvalue weighted by atomic mass is 10.0. The van der Waals surface area contributed by atoms with E-state index in [9.17, 15) is 8.78 Å². The zero-order valence-electron chi connectivity index (χ0n) is 9.88. The van der Waals surface area contributed by atoms with E-state index in [0.717, 1.165) is 24.3 Å². The van der Waals surface area contributed by atoms with Crippen molar-refractivity contribution in [2.24, 2.45) is 5.92 Å². The summed E-state index contributed by atoms with van der Waals surface area (Å²) in [5.74, 6) is 0.762. The van der Waals surface area contributed by atoms with Crippen LogP contribution in [0.2, 0.25) is 0 Å². The number of hydrogen-bond donors (Lipinski definition) is 1. The molecule has 0 amide bonds. The number of halogens is 2. The number of rotatable bonds is 3. The molecule has 0 radical (unpaired) electrons. The minimum atomic E-state index is -1.07. The number of nitrogens with one attached hydrogen (secondary N) is 1. The molecule has 0 aromatic heterocycles. The van der Waals surface area contributed by atoms with Crippen LogP contribution in [0.25, 0.3) is 0 Å². The summed E-state index contributed by atoms with van der Waals surface area (Å²) in [6.07, 6.45) is 2.22. The van der Waals surface area contributed by atoms with Gasteiger partial charge in [0.2, 0.25) is 0 Å². The molecule has 0 bridgehead atoms. The van der Waals surface area contributed by atoms with Gasteiger partial charge in [-0.3, -0.25) is 0 Å². The van der Waals surface area contributed by atoms with E-state index in [1.165, 1.54) is 12.1 Å². The Morgan fingerprint density at radius 3 is 2.67 bits per heavy atom. The van der Waals surface area contributed by atoms with Gasteiger partial charge in [0, 0.05) is 6.54 Å².